The van der Waals surface area contributed by atoms with Crippen molar-refractivity contribution in [2.75, 3.05) is 0 Å². The molecule has 2 amide bonds. The van der Waals surface area contributed by atoms with Crippen molar-refractivity contribution in [2.45, 2.75) is 45.7 Å². The molecular formula is C33H27F2N5O4. The van der Waals surface area contributed by atoms with E-state index in [1.165, 1.54) is 22.8 Å². The number of nitrogens with two attached hydrogens (primary N) is 1. The number of hydrogen-bond acceptors (Lipinski definition) is 6. The number of primary amides is 1. The fourth-order valence-corrected chi connectivity index (χ4v) is 6.53. The van der Waals surface area contributed by atoms with Crippen LogP contribution in [0.5, 0.6) is 0 Å². The van der Waals surface area contributed by atoms with E-state index in [2.05, 4.69) is 10.3 Å². The summed E-state index contributed by atoms with van der Waals surface area (Å²) < 4.78 is 35.2. The van der Waals surface area contributed by atoms with E-state index in [0.717, 1.165) is 11.8 Å². The summed E-state index contributed by atoms with van der Waals surface area (Å²) in [6.07, 6.45) is 1.77. The Balaban J connectivity index is 1.54. The van der Waals surface area contributed by atoms with Gasteiger partial charge in [-0.25, -0.2) is 13.6 Å². The minimum absolute atomic E-state index is 0.0801. The van der Waals surface area contributed by atoms with Gasteiger partial charge in [-0.15, -0.1) is 0 Å². The Morgan fingerprint density at radius 3 is 2.55 bits per heavy atom. The number of nitrogens with zero attached hydrogens (tertiary/aromatic N) is 3. The maximum atomic E-state index is 14.4. The molecule has 9 nitrogen and oxygen atoms in total. The first-order valence-corrected chi connectivity index (χ1v) is 14.2. The molecule has 11 heteroatoms. The molecule has 0 saturated heterocycles. The number of oxazole rings is 1. The van der Waals surface area contributed by atoms with Crippen molar-refractivity contribution in [1.82, 2.24) is 19.9 Å². The number of fused-ring (bicyclic) bond motifs is 3. The lowest BCUT2D eigenvalue weighted by Gasteiger charge is -2.26. The molecule has 3 N–H and O–H groups in total. The van der Waals surface area contributed by atoms with Crippen LogP contribution < -0.4 is 16.8 Å². The van der Waals surface area contributed by atoms with Crippen LogP contribution in [0.15, 0.2) is 57.9 Å². The number of aromatic nitrogens is 3. The molecule has 0 saturated carbocycles. The lowest BCUT2D eigenvalue weighted by atomic mass is 9.84. The topological polar surface area (TPSA) is 133 Å². The molecule has 3 aromatic heterocycles. The summed E-state index contributed by atoms with van der Waals surface area (Å²) in [7, 11) is 0. The largest absolute Gasteiger partial charge is 0.420 e. The molecule has 222 valence electrons. The summed E-state index contributed by atoms with van der Waals surface area (Å²) in [5.74, 6) is -2.71. The lowest BCUT2D eigenvalue weighted by Crippen LogP contribution is -2.39. The Morgan fingerprint density at radius 1 is 1.09 bits per heavy atom. The van der Waals surface area contributed by atoms with Crippen LogP contribution in [0.2, 0.25) is 0 Å². The van der Waals surface area contributed by atoms with Gasteiger partial charge in [-0.05, 0) is 60.7 Å². The number of hydrogen-bond donors (Lipinski definition) is 2. The fourth-order valence-electron chi connectivity index (χ4n) is 6.53. The molecule has 5 heterocycles. The molecule has 0 fully saturated rings. The van der Waals surface area contributed by atoms with E-state index in [1.54, 1.807) is 24.3 Å². The second kappa shape index (κ2) is 9.66. The van der Waals surface area contributed by atoms with Crippen molar-refractivity contribution in [3.63, 3.8) is 0 Å². The zero-order valence-electron chi connectivity index (χ0n) is 24.1. The summed E-state index contributed by atoms with van der Waals surface area (Å²) in [4.78, 5) is 49.0. The van der Waals surface area contributed by atoms with E-state index < -0.39 is 28.9 Å². The van der Waals surface area contributed by atoms with Gasteiger partial charge in [-0.1, -0.05) is 26.0 Å². The van der Waals surface area contributed by atoms with Crippen LogP contribution in [0, 0.1) is 17.6 Å². The number of pyridine rings is 2. The van der Waals surface area contributed by atoms with Crippen LogP contribution in [0.4, 0.5) is 8.78 Å². The first kappa shape index (κ1) is 27.6. The van der Waals surface area contributed by atoms with Crippen molar-refractivity contribution in [1.29, 1.82) is 0 Å². The average molecular weight is 596 g/mol. The van der Waals surface area contributed by atoms with Gasteiger partial charge in [0.1, 0.15) is 11.6 Å². The zero-order valence-corrected chi connectivity index (χ0v) is 24.1. The van der Waals surface area contributed by atoms with E-state index >= 15 is 0 Å². The Bertz CT molecular complexity index is 2120. The maximum Gasteiger partial charge on any atom is 0.420 e. The van der Waals surface area contributed by atoms with Crippen LogP contribution in [0.25, 0.3) is 33.4 Å². The lowest BCUT2D eigenvalue weighted by molar-refractivity contribution is 0.0935. The molecule has 0 spiro atoms. The van der Waals surface area contributed by atoms with Crippen LogP contribution in [-0.4, -0.2) is 26.3 Å². The smallest absolute Gasteiger partial charge is 0.408 e. The molecule has 7 rings (SSSR count). The molecule has 2 aliphatic rings. The highest BCUT2D eigenvalue weighted by molar-refractivity contribution is 6.13. The van der Waals surface area contributed by atoms with Crippen LogP contribution in [0.3, 0.4) is 0 Å². The number of nitrogens with one attached hydrogen (secondary N) is 1. The van der Waals surface area contributed by atoms with Gasteiger partial charge in [0.15, 0.2) is 5.58 Å². The van der Waals surface area contributed by atoms with Gasteiger partial charge in [0.25, 0.3) is 11.8 Å². The van der Waals surface area contributed by atoms with Crippen molar-refractivity contribution >= 4 is 22.9 Å². The molecule has 0 radical (unpaired) electrons. The molecule has 44 heavy (non-hydrogen) atoms. The van der Waals surface area contributed by atoms with Crippen molar-refractivity contribution in [3.8, 4) is 22.3 Å². The van der Waals surface area contributed by atoms with Crippen LogP contribution in [-0.2, 0) is 24.9 Å². The highest BCUT2D eigenvalue weighted by Crippen LogP contribution is 2.44. The van der Waals surface area contributed by atoms with E-state index in [4.69, 9.17) is 15.1 Å². The van der Waals surface area contributed by atoms with Gasteiger partial charge in [-0.2, -0.15) is 0 Å². The quantitative estimate of drug-likeness (QED) is 0.283. The number of amides is 2. The third-order valence-electron chi connectivity index (χ3n) is 8.32. The summed E-state index contributed by atoms with van der Waals surface area (Å²) >= 11 is 0. The molecule has 0 unspecified atom stereocenters. The first-order valence-electron chi connectivity index (χ1n) is 14.2. The Morgan fingerprint density at radius 2 is 1.84 bits per heavy atom. The number of rotatable bonds is 6. The number of benzene rings is 2. The van der Waals surface area contributed by atoms with Gasteiger partial charge in [0.05, 0.1) is 52.0 Å². The second-order valence-corrected chi connectivity index (χ2v) is 12.1. The molecule has 2 aliphatic heterocycles. The van der Waals surface area contributed by atoms with Crippen LogP contribution in [0.1, 0.15) is 64.1 Å². The summed E-state index contributed by atoms with van der Waals surface area (Å²) in [6, 6.07) is 10.6. The standard InChI is InChI=1S/C33H27F2N5O4/c1-15(2)8-22-26(30(36)41)25(27-29(38-22)33(3,39-31(27)42)12-16-4-6-18(34)7-5-16)17-9-21-20-11-19(35)13-37-23(20)14-40-28(21)24(10-17)44-32(40)43/h4-7,9-11,13,15H,8,12,14H2,1-3H3,(H2,36,41)(H,39,42)/t33-/m0/s1. The predicted molar refractivity (Wildman–Crippen MR) is 158 cm³/mol. The Kier molecular flexibility index (Phi) is 6.07. The third-order valence-corrected chi connectivity index (χ3v) is 8.32. The van der Waals surface area contributed by atoms with Gasteiger partial charge in [0.2, 0.25) is 0 Å². The Hall–Kier alpha value is -5.19. The third kappa shape index (κ3) is 4.22. The normalized spacial score (nSPS) is 16.7. The van der Waals surface area contributed by atoms with Gasteiger partial charge in [0, 0.05) is 23.1 Å². The maximum absolute atomic E-state index is 14.4. The summed E-state index contributed by atoms with van der Waals surface area (Å²) in [5, 5.41) is 3.04. The second-order valence-electron chi connectivity index (χ2n) is 12.1. The molecule has 1 atom stereocenters. The van der Waals surface area contributed by atoms with Gasteiger partial charge >= 0.3 is 5.76 Å². The molecule has 0 bridgehead atoms. The highest BCUT2D eigenvalue weighted by atomic mass is 19.1. The molecule has 2 aromatic carbocycles. The minimum Gasteiger partial charge on any atom is -0.408 e. The molecular weight excluding hydrogens is 568 g/mol. The highest BCUT2D eigenvalue weighted by Gasteiger charge is 2.44. The molecule has 5 aromatic rings. The average Bonchev–Trinajstić information content (AvgIpc) is 3.41. The van der Waals surface area contributed by atoms with Gasteiger partial charge in [-0.3, -0.25) is 24.1 Å². The van der Waals surface area contributed by atoms with E-state index in [0.29, 0.717) is 52.1 Å². The first-order chi connectivity index (χ1) is 20.9. The van der Waals surface area contributed by atoms with Crippen molar-refractivity contribution in [2.24, 2.45) is 11.7 Å². The number of halogens is 2. The van der Waals surface area contributed by atoms with Crippen LogP contribution >= 0.6 is 0 Å². The zero-order chi connectivity index (χ0) is 31.1. The van der Waals surface area contributed by atoms with Crippen molar-refractivity contribution < 1.29 is 22.8 Å². The van der Waals surface area contributed by atoms with Crippen molar-refractivity contribution in [3.05, 3.63) is 105 Å². The SMILES string of the molecule is CC(C)Cc1nc2c(c(-c3cc4c5c(c3)oc(=O)n5Cc3ncc(F)cc3-4)c1C(N)=O)C(=O)N[C@@]2(C)Cc1ccc(F)cc1. The minimum atomic E-state index is -1.01. The summed E-state index contributed by atoms with van der Waals surface area (Å²) in [5.41, 5.74) is 9.57. The van der Waals surface area contributed by atoms with E-state index in [9.17, 15) is 23.2 Å². The Labute approximate surface area is 249 Å². The van der Waals surface area contributed by atoms with Gasteiger partial charge < -0.3 is 15.5 Å². The van der Waals surface area contributed by atoms with E-state index in [-0.39, 0.29) is 40.6 Å². The fraction of sp³-hybridized carbons (Fsp3) is 0.242. The summed E-state index contributed by atoms with van der Waals surface area (Å²) in [6.45, 7) is 5.89. The predicted octanol–water partition coefficient (Wildman–Crippen LogP) is 4.86. The number of carbonyl (C=O) groups is 2. The van der Waals surface area contributed by atoms with E-state index in [1.807, 2.05) is 20.8 Å². The molecule has 0 aliphatic carbocycles. The number of carbonyl (C=O) groups excluding carboxylic acids is 2. The monoisotopic (exact) mass is 595 g/mol.